The number of para-hydroxylation sites is 1. The summed E-state index contributed by atoms with van der Waals surface area (Å²) in [4.78, 5) is 14.5. The van der Waals surface area contributed by atoms with Crippen LogP contribution >= 0.6 is 11.3 Å². The van der Waals surface area contributed by atoms with Gasteiger partial charge >= 0.3 is 0 Å². The molecule has 1 aromatic carbocycles. The van der Waals surface area contributed by atoms with Gasteiger partial charge < -0.3 is 9.32 Å². The van der Waals surface area contributed by atoms with Crippen LogP contribution in [0.3, 0.4) is 0 Å². The average Bonchev–Trinajstić information content (AvgIpc) is 3.14. The third-order valence-corrected chi connectivity index (χ3v) is 4.10. The summed E-state index contributed by atoms with van der Waals surface area (Å²) >= 11 is 1.65. The smallest absolute Gasteiger partial charge is 0.289 e. The van der Waals surface area contributed by atoms with Crippen LogP contribution in [-0.2, 0) is 6.54 Å². The van der Waals surface area contributed by atoms with Crippen LogP contribution < -0.4 is 0 Å². The number of amides is 1. The highest BCUT2D eigenvalue weighted by atomic mass is 32.1. The lowest BCUT2D eigenvalue weighted by Crippen LogP contribution is -2.30. The molecule has 1 amide bonds. The summed E-state index contributed by atoms with van der Waals surface area (Å²) in [7, 11) is 0. The maximum absolute atomic E-state index is 12.7. The summed E-state index contributed by atoms with van der Waals surface area (Å²) in [6.07, 6.45) is 0.927. The lowest BCUT2D eigenvalue weighted by molar-refractivity contribution is 0.0713. The molecule has 3 nitrogen and oxygen atoms in total. The maximum Gasteiger partial charge on any atom is 0.289 e. The molecule has 0 aliphatic carbocycles. The molecule has 0 saturated carbocycles. The van der Waals surface area contributed by atoms with Crippen molar-refractivity contribution in [1.29, 1.82) is 0 Å². The van der Waals surface area contributed by atoms with Crippen molar-refractivity contribution in [3.05, 3.63) is 58.5 Å². The van der Waals surface area contributed by atoms with Crippen molar-refractivity contribution in [3.63, 3.8) is 0 Å². The molecule has 0 spiro atoms. The van der Waals surface area contributed by atoms with Gasteiger partial charge in [0.1, 0.15) is 5.58 Å². The SMILES string of the molecule is CCCN(Cc1ccsc1)C(=O)c1cc2ccccc2o1. The Labute approximate surface area is 127 Å². The number of benzene rings is 1. The molecule has 2 aromatic heterocycles. The first-order valence-corrected chi connectivity index (χ1v) is 8.01. The lowest BCUT2D eigenvalue weighted by Gasteiger charge is -2.20. The Morgan fingerprint density at radius 3 is 2.86 bits per heavy atom. The quantitative estimate of drug-likeness (QED) is 0.692. The zero-order valence-corrected chi connectivity index (χ0v) is 12.7. The highest BCUT2D eigenvalue weighted by molar-refractivity contribution is 7.07. The Balaban J connectivity index is 1.85. The van der Waals surface area contributed by atoms with E-state index in [0.717, 1.165) is 29.5 Å². The summed E-state index contributed by atoms with van der Waals surface area (Å²) < 4.78 is 5.69. The van der Waals surface area contributed by atoms with Crippen LogP contribution in [-0.4, -0.2) is 17.4 Å². The molecular weight excluding hydrogens is 282 g/mol. The van der Waals surface area contributed by atoms with E-state index < -0.39 is 0 Å². The van der Waals surface area contributed by atoms with E-state index >= 15 is 0 Å². The molecule has 0 radical (unpaired) electrons. The number of rotatable bonds is 5. The lowest BCUT2D eigenvalue weighted by atomic mass is 10.2. The van der Waals surface area contributed by atoms with E-state index in [1.165, 1.54) is 0 Å². The predicted molar refractivity (Wildman–Crippen MR) is 85.6 cm³/mol. The molecule has 0 aliphatic heterocycles. The fraction of sp³-hybridized carbons (Fsp3) is 0.235. The molecule has 3 aromatic rings. The van der Waals surface area contributed by atoms with Gasteiger partial charge in [-0.1, -0.05) is 25.1 Å². The Morgan fingerprint density at radius 1 is 1.29 bits per heavy atom. The number of thiophene rings is 1. The van der Waals surface area contributed by atoms with Gasteiger partial charge in [0.15, 0.2) is 5.76 Å². The van der Waals surface area contributed by atoms with Gasteiger partial charge in [0.05, 0.1) is 0 Å². The number of carbonyl (C=O) groups is 1. The highest BCUT2D eigenvalue weighted by Gasteiger charge is 2.19. The van der Waals surface area contributed by atoms with Crippen molar-refractivity contribution in [2.45, 2.75) is 19.9 Å². The van der Waals surface area contributed by atoms with Gasteiger partial charge in [-0.25, -0.2) is 0 Å². The van der Waals surface area contributed by atoms with E-state index in [0.29, 0.717) is 12.3 Å². The van der Waals surface area contributed by atoms with Gasteiger partial charge in [-0.2, -0.15) is 11.3 Å². The second kappa shape index (κ2) is 6.14. The number of furan rings is 1. The van der Waals surface area contributed by atoms with Crippen LogP contribution in [0.5, 0.6) is 0 Å². The van der Waals surface area contributed by atoms with Crippen molar-refractivity contribution >= 4 is 28.2 Å². The average molecular weight is 299 g/mol. The topological polar surface area (TPSA) is 33.5 Å². The summed E-state index contributed by atoms with van der Waals surface area (Å²) in [5, 5.41) is 5.08. The van der Waals surface area contributed by atoms with E-state index in [-0.39, 0.29) is 5.91 Å². The molecule has 21 heavy (non-hydrogen) atoms. The number of nitrogens with zero attached hydrogens (tertiary/aromatic N) is 1. The van der Waals surface area contributed by atoms with Crippen molar-refractivity contribution in [1.82, 2.24) is 4.90 Å². The van der Waals surface area contributed by atoms with E-state index in [2.05, 4.69) is 18.4 Å². The predicted octanol–water partition coefficient (Wildman–Crippen LogP) is 4.55. The fourth-order valence-electron chi connectivity index (χ4n) is 2.37. The second-order valence-corrected chi connectivity index (χ2v) is 5.79. The van der Waals surface area contributed by atoms with Crippen LogP contribution in [0.15, 0.2) is 51.6 Å². The van der Waals surface area contributed by atoms with E-state index in [4.69, 9.17) is 4.42 Å². The minimum Gasteiger partial charge on any atom is -0.451 e. The van der Waals surface area contributed by atoms with E-state index in [1.54, 1.807) is 11.3 Å². The van der Waals surface area contributed by atoms with Gasteiger partial charge in [0.2, 0.25) is 0 Å². The molecule has 0 saturated heterocycles. The molecular formula is C17H17NO2S. The van der Waals surface area contributed by atoms with Crippen molar-refractivity contribution < 1.29 is 9.21 Å². The number of hydrogen-bond acceptors (Lipinski definition) is 3. The minimum atomic E-state index is -0.0424. The number of carbonyl (C=O) groups excluding carboxylic acids is 1. The monoisotopic (exact) mass is 299 g/mol. The van der Waals surface area contributed by atoms with Crippen LogP contribution in [0.1, 0.15) is 29.5 Å². The standard InChI is InChI=1S/C17H17NO2S/c1-2-8-18(11-13-7-9-21-12-13)17(19)16-10-14-5-3-4-6-15(14)20-16/h3-7,9-10,12H,2,8,11H2,1H3. The molecule has 108 valence electrons. The third kappa shape index (κ3) is 3.00. The van der Waals surface area contributed by atoms with Crippen LogP contribution in [0, 0.1) is 0 Å². The van der Waals surface area contributed by atoms with Crippen molar-refractivity contribution in [3.8, 4) is 0 Å². The first-order valence-electron chi connectivity index (χ1n) is 7.07. The summed E-state index contributed by atoms with van der Waals surface area (Å²) in [6.45, 7) is 3.44. The summed E-state index contributed by atoms with van der Waals surface area (Å²) in [5.74, 6) is 0.374. The molecule has 0 unspecified atom stereocenters. The largest absolute Gasteiger partial charge is 0.451 e. The molecule has 3 rings (SSSR count). The Morgan fingerprint density at radius 2 is 2.14 bits per heavy atom. The molecule has 0 atom stereocenters. The summed E-state index contributed by atoms with van der Waals surface area (Å²) in [5.41, 5.74) is 1.92. The third-order valence-electron chi connectivity index (χ3n) is 3.37. The summed E-state index contributed by atoms with van der Waals surface area (Å²) in [6, 6.07) is 11.6. The van der Waals surface area contributed by atoms with Crippen LogP contribution in [0.2, 0.25) is 0 Å². The van der Waals surface area contributed by atoms with E-state index in [1.807, 2.05) is 40.6 Å². The maximum atomic E-state index is 12.7. The first-order chi connectivity index (χ1) is 10.3. The van der Waals surface area contributed by atoms with Gasteiger partial charge in [-0.05, 0) is 40.9 Å². The Kier molecular flexibility index (Phi) is 4.06. The van der Waals surface area contributed by atoms with Crippen LogP contribution in [0.25, 0.3) is 11.0 Å². The Bertz CT molecular complexity index is 697. The van der Waals surface area contributed by atoms with Gasteiger partial charge in [-0.3, -0.25) is 4.79 Å². The minimum absolute atomic E-state index is 0.0424. The molecule has 2 heterocycles. The van der Waals surface area contributed by atoms with Crippen LogP contribution in [0.4, 0.5) is 0 Å². The second-order valence-electron chi connectivity index (χ2n) is 5.01. The Hall–Kier alpha value is -2.07. The first kappa shape index (κ1) is 13.9. The number of fused-ring (bicyclic) bond motifs is 1. The van der Waals surface area contributed by atoms with Crippen molar-refractivity contribution in [2.24, 2.45) is 0 Å². The zero-order chi connectivity index (χ0) is 14.7. The normalized spacial score (nSPS) is 10.9. The van der Waals surface area contributed by atoms with Gasteiger partial charge in [-0.15, -0.1) is 0 Å². The van der Waals surface area contributed by atoms with Gasteiger partial charge in [0, 0.05) is 18.5 Å². The molecule has 4 heteroatoms. The van der Waals surface area contributed by atoms with Crippen molar-refractivity contribution in [2.75, 3.05) is 6.54 Å². The number of hydrogen-bond donors (Lipinski definition) is 0. The van der Waals surface area contributed by atoms with Gasteiger partial charge in [0.25, 0.3) is 5.91 Å². The molecule has 0 aliphatic rings. The molecule has 0 fully saturated rings. The highest BCUT2D eigenvalue weighted by Crippen LogP contribution is 2.21. The van der Waals surface area contributed by atoms with E-state index in [9.17, 15) is 4.79 Å². The molecule has 0 N–H and O–H groups in total. The zero-order valence-electron chi connectivity index (χ0n) is 11.9. The molecule has 0 bridgehead atoms. The fourth-order valence-corrected chi connectivity index (χ4v) is 3.03.